The first-order valence-corrected chi connectivity index (χ1v) is 7.59. The normalized spacial score (nSPS) is 19.6. The number of nitrogens with one attached hydrogen (secondary N) is 1. The summed E-state index contributed by atoms with van der Waals surface area (Å²) in [7, 11) is -2.89. The number of furan rings is 1. The predicted molar refractivity (Wildman–Crippen MR) is 65.6 cm³/mol. The maximum absolute atomic E-state index is 11.6. The molecule has 6 nitrogen and oxygen atoms in total. The van der Waals surface area contributed by atoms with E-state index in [4.69, 9.17) is 4.42 Å². The van der Waals surface area contributed by atoms with Crippen molar-refractivity contribution >= 4 is 15.7 Å². The van der Waals surface area contributed by atoms with Crippen molar-refractivity contribution in [3.8, 4) is 0 Å². The Morgan fingerprint density at radius 3 is 2.72 bits per heavy atom. The lowest BCUT2D eigenvalue weighted by atomic mass is 10.4. The van der Waals surface area contributed by atoms with Crippen molar-refractivity contribution in [3.63, 3.8) is 0 Å². The molecule has 1 aliphatic heterocycles. The lowest BCUT2D eigenvalue weighted by Crippen LogP contribution is -2.45. The summed E-state index contributed by atoms with van der Waals surface area (Å²) in [5.41, 5.74) is 0. The molecule has 1 aromatic rings. The van der Waals surface area contributed by atoms with Crippen LogP contribution in [0.25, 0.3) is 0 Å². The van der Waals surface area contributed by atoms with Crippen LogP contribution in [0.2, 0.25) is 0 Å². The summed E-state index contributed by atoms with van der Waals surface area (Å²) in [6, 6.07) is 3.55. The molecule has 18 heavy (non-hydrogen) atoms. The lowest BCUT2D eigenvalue weighted by molar-refractivity contribution is -0.122. The molecule has 0 spiro atoms. The van der Waals surface area contributed by atoms with Crippen molar-refractivity contribution in [1.82, 2.24) is 10.2 Å². The van der Waals surface area contributed by atoms with E-state index in [0.29, 0.717) is 25.4 Å². The Morgan fingerprint density at radius 1 is 1.39 bits per heavy atom. The van der Waals surface area contributed by atoms with Gasteiger partial charge in [-0.15, -0.1) is 0 Å². The van der Waals surface area contributed by atoms with E-state index in [1.54, 1.807) is 18.4 Å². The molecule has 1 aromatic heterocycles. The van der Waals surface area contributed by atoms with Gasteiger partial charge in [0.2, 0.25) is 5.91 Å². The average Bonchev–Trinajstić information content (AvgIpc) is 2.82. The molecule has 7 heteroatoms. The molecule has 1 amide bonds. The maximum Gasteiger partial charge on any atom is 0.234 e. The summed E-state index contributed by atoms with van der Waals surface area (Å²) in [6.07, 6.45) is 1.55. The first-order chi connectivity index (χ1) is 8.55. The third-order valence-corrected chi connectivity index (χ3v) is 4.45. The minimum atomic E-state index is -2.89. The van der Waals surface area contributed by atoms with Crippen LogP contribution in [0.5, 0.6) is 0 Å². The number of hydrogen-bond donors (Lipinski definition) is 1. The molecule has 0 radical (unpaired) electrons. The van der Waals surface area contributed by atoms with Gasteiger partial charge < -0.3 is 9.73 Å². The highest BCUT2D eigenvalue weighted by atomic mass is 32.2. The zero-order valence-electron chi connectivity index (χ0n) is 9.96. The monoisotopic (exact) mass is 272 g/mol. The Bertz CT molecular complexity index is 481. The molecular weight excluding hydrogens is 256 g/mol. The summed E-state index contributed by atoms with van der Waals surface area (Å²) in [6.45, 7) is 1.45. The molecule has 100 valence electrons. The fourth-order valence-electron chi connectivity index (χ4n) is 1.77. The standard InChI is InChI=1S/C11H16N2O4S/c14-11(12-8-10-2-1-5-17-10)9-13-3-6-18(15,16)7-4-13/h1-2,5H,3-4,6-9H2,(H,12,14). The molecule has 0 aliphatic carbocycles. The van der Waals surface area contributed by atoms with E-state index < -0.39 is 9.84 Å². The second-order valence-electron chi connectivity index (χ2n) is 4.28. The predicted octanol–water partition coefficient (Wildman–Crippen LogP) is -0.374. The van der Waals surface area contributed by atoms with Gasteiger partial charge in [-0.3, -0.25) is 9.69 Å². The van der Waals surface area contributed by atoms with Crippen LogP contribution in [0, 0.1) is 0 Å². The average molecular weight is 272 g/mol. The molecule has 1 N–H and O–H groups in total. The van der Waals surface area contributed by atoms with Crippen molar-refractivity contribution < 1.29 is 17.6 Å². The molecule has 0 atom stereocenters. The summed E-state index contributed by atoms with van der Waals surface area (Å²) in [5.74, 6) is 0.854. The van der Waals surface area contributed by atoms with Gasteiger partial charge in [0.15, 0.2) is 9.84 Å². The summed E-state index contributed by atoms with van der Waals surface area (Å²) in [4.78, 5) is 13.5. The molecule has 0 unspecified atom stereocenters. The minimum absolute atomic E-state index is 0.120. The SMILES string of the molecule is O=C(CN1CCS(=O)(=O)CC1)NCc1ccco1. The zero-order chi connectivity index (χ0) is 13.0. The van der Waals surface area contributed by atoms with Gasteiger partial charge in [-0.2, -0.15) is 0 Å². The quantitative estimate of drug-likeness (QED) is 0.808. The number of hydrogen-bond acceptors (Lipinski definition) is 5. The molecule has 0 bridgehead atoms. The van der Waals surface area contributed by atoms with E-state index in [0.717, 1.165) is 0 Å². The molecule has 1 aliphatic rings. The first kappa shape index (κ1) is 13.1. The topological polar surface area (TPSA) is 79.6 Å². The van der Waals surface area contributed by atoms with Gasteiger partial charge in [-0.05, 0) is 12.1 Å². The zero-order valence-corrected chi connectivity index (χ0v) is 10.8. The van der Waals surface area contributed by atoms with E-state index in [2.05, 4.69) is 5.32 Å². The van der Waals surface area contributed by atoms with Gasteiger partial charge in [-0.25, -0.2) is 8.42 Å². The fraction of sp³-hybridized carbons (Fsp3) is 0.545. The molecule has 1 saturated heterocycles. The summed E-state index contributed by atoms with van der Waals surface area (Å²) >= 11 is 0. The second-order valence-corrected chi connectivity index (χ2v) is 6.59. The lowest BCUT2D eigenvalue weighted by Gasteiger charge is -2.25. The molecule has 0 saturated carbocycles. The number of nitrogens with zero attached hydrogens (tertiary/aromatic N) is 1. The molecule has 2 rings (SSSR count). The Balaban J connectivity index is 1.72. The van der Waals surface area contributed by atoms with Crippen LogP contribution in [0.4, 0.5) is 0 Å². The number of rotatable bonds is 4. The first-order valence-electron chi connectivity index (χ1n) is 5.77. The van der Waals surface area contributed by atoms with Crippen LogP contribution in [0.15, 0.2) is 22.8 Å². The second kappa shape index (κ2) is 5.53. The van der Waals surface area contributed by atoms with Gasteiger partial charge in [0, 0.05) is 13.1 Å². The third-order valence-electron chi connectivity index (χ3n) is 2.84. The maximum atomic E-state index is 11.6. The Hall–Kier alpha value is -1.34. The highest BCUT2D eigenvalue weighted by Crippen LogP contribution is 2.03. The fourth-order valence-corrected chi connectivity index (χ4v) is 3.04. The van der Waals surface area contributed by atoms with Crippen molar-refractivity contribution in [2.75, 3.05) is 31.1 Å². The van der Waals surface area contributed by atoms with Gasteiger partial charge >= 0.3 is 0 Å². The Labute approximate surface area is 106 Å². The van der Waals surface area contributed by atoms with E-state index in [-0.39, 0.29) is 24.0 Å². The number of carbonyl (C=O) groups is 1. The number of sulfone groups is 1. The van der Waals surface area contributed by atoms with Crippen LogP contribution in [0.1, 0.15) is 5.76 Å². The minimum Gasteiger partial charge on any atom is -0.467 e. The third kappa shape index (κ3) is 3.85. The Morgan fingerprint density at radius 2 is 2.11 bits per heavy atom. The van der Waals surface area contributed by atoms with Crippen LogP contribution in [0.3, 0.4) is 0 Å². The van der Waals surface area contributed by atoms with Crippen LogP contribution in [-0.4, -0.2) is 50.4 Å². The van der Waals surface area contributed by atoms with Crippen LogP contribution < -0.4 is 5.32 Å². The van der Waals surface area contributed by atoms with E-state index in [1.165, 1.54) is 0 Å². The molecule has 1 fully saturated rings. The molecule has 2 heterocycles. The molecule has 0 aromatic carbocycles. The highest BCUT2D eigenvalue weighted by Gasteiger charge is 2.22. The van der Waals surface area contributed by atoms with Gasteiger partial charge in [0.1, 0.15) is 5.76 Å². The van der Waals surface area contributed by atoms with Crippen LogP contribution >= 0.6 is 0 Å². The van der Waals surface area contributed by atoms with Crippen molar-refractivity contribution in [1.29, 1.82) is 0 Å². The van der Waals surface area contributed by atoms with E-state index >= 15 is 0 Å². The van der Waals surface area contributed by atoms with Gasteiger partial charge in [-0.1, -0.05) is 0 Å². The van der Waals surface area contributed by atoms with Gasteiger partial charge in [0.25, 0.3) is 0 Å². The molecular formula is C11H16N2O4S. The largest absolute Gasteiger partial charge is 0.467 e. The summed E-state index contributed by atoms with van der Waals surface area (Å²) < 4.78 is 27.5. The highest BCUT2D eigenvalue weighted by molar-refractivity contribution is 7.91. The van der Waals surface area contributed by atoms with Crippen molar-refractivity contribution in [2.24, 2.45) is 0 Å². The van der Waals surface area contributed by atoms with Crippen molar-refractivity contribution in [3.05, 3.63) is 24.2 Å². The van der Waals surface area contributed by atoms with E-state index in [1.807, 2.05) is 4.90 Å². The smallest absolute Gasteiger partial charge is 0.234 e. The van der Waals surface area contributed by atoms with Crippen molar-refractivity contribution in [2.45, 2.75) is 6.54 Å². The number of carbonyl (C=O) groups excluding carboxylic acids is 1. The number of amides is 1. The Kier molecular flexibility index (Phi) is 4.03. The van der Waals surface area contributed by atoms with Gasteiger partial charge in [0.05, 0.1) is 30.9 Å². The van der Waals surface area contributed by atoms with E-state index in [9.17, 15) is 13.2 Å². The van der Waals surface area contributed by atoms with Crippen LogP contribution in [-0.2, 0) is 21.2 Å². The summed E-state index contributed by atoms with van der Waals surface area (Å²) in [5, 5.41) is 2.73.